The number of amides is 1. The molecule has 0 bridgehead atoms. The third kappa shape index (κ3) is 3.98. The van der Waals surface area contributed by atoms with E-state index in [1.807, 2.05) is 6.20 Å². The van der Waals surface area contributed by atoms with Crippen LogP contribution in [0.3, 0.4) is 0 Å². The highest BCUT2D eigenvalue weighted by molar-refractivity contribution is 5.95. The molecule has 0 aliphatic rings. The van der Waals surface area contributed by atoms with Crippen LogP contribution in [0, 0.1) is 0 Å². The summed E-state index contributed by atoms with van der Waals surface area (Å²) in [7, 11) is 3.46. The number of carbonyl (C=O) groups is 1. The van der Waals surface area contributed by atoms with Gasteiger partial charge in [0.1, 0.15) is 5.82 Å². The number of aromatic nitrogens is 2. The molecule has 1 heterocycles. The lowest BCUT2D eigenvalue weighted by atomic mass is 10.1. The maximum absolute atomic E-state index is 11.9. The number of carbonyl (C=O) groups excluding carboxylic acids is 1. The Hall–Kier alpha value is -2.50. The quantitative estimate of drug-likeness (QED) is 0.558. The molecule has 2 aromatic rings. The third-order valence-corrected chi connectivity index (χ3v) is 3.17. The van der Waals surface area contributed by atoms with E-state index in [0.29, 0.717) is 11.3 Å². The average Bonchev–Trinajstić information content (AvgIpc) is 2.97. The van der Waals surface area contributed by atoms with Crippen LogP contribution < -0.4 is 11.1 Å². The summed E-state index contributed by atoms with van der Waals surface area (Å²) in [5, 5.41) is 3.27. The summed E-state index contributed by atoms with van der Waals surface area (Å²) in [6, 6.07) is 5.29. The Labute approximate surface area is 124 Å². The molecule has 0 saturated heterocycles. The molecular formula is C15H21N5O. The van der Waals surface area contributed by atoms with Crippen LogP contribution in [0.5, 0.6) is 0 Å². The fourth-order valence-corrected chi connectivity index (χ4v) is 2.01. The molecule has 21 heavy (non-hydrogen) atoms. The number of hydrogen-bond acceptors (Lipinski definition) is 4. The summed E-state index contributed by atoms with van der Waals surface area (Å²) in [6.07, 6.45) is 5.36. The number of hydrogen-bond donors (Lipinski definition) is 3. The molecule has 0 unspecified atom stereocenters. The van der Waals surface area contributed by atoms with Gasteiger partial charge in [0, 0.05) is 45.0 Å². The van der Waals surface area contributed by atoms with Crippen LogP contribution in [0.1, 0.15) is 22.6 Å². The summed E-state index contributed by atoms with van der Waals surface area (Å²) >= 11 is 0. The van der Waals surface area contributed by atoms with Crippen molar-refractivity contribution in [2.75, 3.05) is 31.7 Å². The Morgan fingerprint density at radius 2 is 2.24 bits per heavy atom. The molecule has 0 radical (unpaired) electrons. The minimum Gasteiger partial charge on any atom is -0.397 e. The van der Waals surface area contributed by atoms with Crippen molar-refractivity contribution in [1.29, 1.82) is 0 Å². The van der Waals surface area contributed by atoms with Crippen molar-refractivity contribution in [3.05, 3.63) is 42.0 Å². The predicted octanol–water partition coefficient (Wildman–Crippen LogP) is 1.74. The Morgan fingerprint density at radius 1 is 1.43 bits per heavy atom. The van der Waals surface area contributed by atoms with Crippen LogP contribution in [0.25, 0.3) is 0 Å². The molecule has 0 aliphatic heterocycles. The first-order valence-corrected chi connectivity index (χ1v) is 6.91. The normalized spacial score (nSPS) is 10.4. The van der Waals surface area contributed by atoms with Gasteiger partial charge in [-0.15, -0.1) is 0 Å². The van der Waals surface area contributed by atoms with Gasteiger partial charge in [0.15, 0.2) is 0 Å². The molecule has 0 aliphatic carbocycles. The van der Waals surface area contributed by atoms with Crippen LogP contribution in [-0.4, -0.2) is 41.4 Å². The van der Waals surface area contributed by atoms with Gasteiger partial charge in [-0.05, 0) is 24.6 Å². The second kappa shape index (κ2) is 6.78. The van der Waals surface area contributed by atoms with E-state index in [-0.39, 0.29) is 5.91 Å². The van der Waals surface area contributed by atoms with Crippen LogP contribution in [0.2, 0.25) is 0 Å². The Kier molecular flexibility index (Phi) is 4.81. The highest BCUT2D eigenvalue weighted by Gasteiger charge is 2.10. The van der Waals surface area contributed by atoms with Gasteiger partial charge >= 0.3 is 0 Å². The minimum absolute atomic E-state index is 0.0337. The van der Waals surface area contributed by atoms with Gasteiger partial charge in [-0.1, -0.05) is 0 Å². The molecule has 1 aromatic carbocycles. The molecular weight excluding hydrogens is 266 g/mol. The minimum atomic E-state index is -0.0337. The first kappa shape index (κ1) is 14.9. The smallest absolute Gasteiger partial charge is 0.253 e. The maximum Gasteiger partial charge on any atom is 0.253 e. The van der Waals surface area contributed by atoms with Crippen LogP contribution >= 0.6 is 0 Å². The molecule has 2 rings (SSSR count). The fraction of sp³-hybridized carbons (Fsp3) is 0.333. The molecule has 0 spiro atoms. The molecule has 6 heteroatoms. The van der Waals surface area contributed by atoms with Crippen molar-refractivity contribution in [3.63, 3.8) is 0 Å². The van der Waals surface area contributed by atoms with Crippen LogP contribution in [0.4, 0.5) is 11.4 Å². The van der Waals surface area contributed by atoms with Crippen LogP contribution in [-0.2, 0) is 6.42 Å². The lowest BCUT2D eigenvalue weighted by Crippen LogP contribution is -2.21. The molecule has 4 N–H and O–H groups in total. The van der Waals surface area contributed by atoms with E-state index < -0.39 is 0 Å². The molecule has 1 amide bonds. The topological polar surface area (TPSA) is 87.0 Å². The number of aromatic amines is 1. The van der Waals surface area contributed by atoms with Crippen molar-refractivity contribution < 1.29 is 4.79 Å². The zero-order chi connectivity index (χ0) is 15.2. The lowest BCUT2D eigenvalue weighted by Gasteiger charge is -2.14. The predicted molar refractivity (Wildman–Crippen MR) is 84.3 cm³/mol. The number of imidazole rings is 1. The van der Waals surface area contributed by atoms with E-state index in [2.05, 4.69) is 15.3 Å². The number of nitrogen functional groups attached to an aromatic ring is 1. The zero-order valence-corrected chi connectivity index (χ0v) is 12.4. The van der Waals surface area contributed by atoms with Gasteiger partial charge < -0.3 is 20.9 Å². The first-order chi connectivity index (χ1) is 10.1. The second-order valence-electron chi connectivity index (χ2n) is 5.07. The van der Waals surface area contributed by atoms with Gasteiger partial charge in [0.25, 0.3) is 5.91 Å². The van der Waals surface area contributed by atoms with Gasteiger partial charge in [0.2, 0.25) is 0 Å². The molecule has 0 atom stereocenters. The number of anilines is 2. The van der Waals surface area contributed by atoms with Gasteiger partial charge in [0.05, 0.1) is 11.4 Å². The van der Waals surface area contributed by atoms with Crippen molar-refractivity contribution >= 4 is 17.3 Å². The summed E-state index contributed by atoms with van der Waals surface area (Å²) in [5.41, 5.74) is 8.00. The molecule has 0 fully saturated rings. The number of nitrogens with two attached hydrogens (primary N) is 1. The lowest BCUT2D eigenvalue weighted by molar-refractivity contribution is 0.0827. The highest BCUT2D eigenvalue weighted by atomic mass is 16.2. The first-order valence-electron chi connectivity index (χ1n) is 6.91. The molecule has 112 valence electrons. The Bertz CT molecular complexity index is 592. The van der Waals surface area contributed by atoms with Crippen molar-refractivity contribution in [2.24, 2.45) is 0 Å². The third-order valence-electron chi connectivity index (χ3n) is 3.17. The summed E-state index contributed by atoms with van der Waals surface area (Å²) in [6.45, 7) is 0.768. The van der Waals surface area contributed by atoms with E-state index >= 15 is 0 Å². The molecule has 1 aromatic heterocycles. The van der Waals surface area contributed by atoms with Crippen LogP contribution in [0.15, 0.2) is 30.6 Å². The standard InChI is InChI=1S/C15H21N5O/c1-20(2)15(21)11-5-6-12(16)13(10-11)17-7-3-4-14-18-8-9-19-14/h5-6,8-10,17H,3-4,7,16H2,1-2H3,(H,18,19). The largest absolute Gasteiger partial charge is 0.397 e. The molecule has 6 nitrogen and oxygen atoms in total. The van der Waals surface area contributed by atoms with Crippen molar-refractivity contribution in [2.45, 2.75) is 12.8 Å². The van der Waals surface area contributed by atoms with E-state index in [1.165, 1.54) is 0 Å². The van der Waals surface area contributed by atoms with E-state index in [0.717, 1.165) is 30.9 Å². The summed E-state index contributed by atoms with van der Waals surface area (Å²) in [4.78, 5) is 20.7. The van der Waals surface area contributed by atoms with E-state index in [1.54, 1.807) is 43.4 Å². The second-order valence-corrected chi connectivity index (χ2v) is 5.07. The van der Waals surface area contributed by atoms with Gasteiger partial charge in [-0.3, -0.25) is 4.79 Å². The SMILES string of the molecule is CN(C)C(=O)c1ccc(N)c(NCCCc2ncc[nH]2)c1. The highest BCUT2D eigenvalue weighted by Crippen LogP contribution is 2.20. The van der Waals surface area contributed by atoms with Gasteiger partial charge in [-0.25, -0.2) is 4.98 Å². The number of nitrogens with zero attached hydrogens (tertiary/aromatic N) is 2. The monoisotopic (exact) mass is 287 g/mol. The Balaban J connectivity index is 1.92. The van der Waals surface area contributed by atoms with E-state index in [9.17, 15) is 4.79 Å². The van der Waals surface area contributed by atoms with E-state index in [4.69, 9.17) is 5.73 Å². The maximum atomic E-state index is 11.9. The number of aryl methyl sites for hydroxylation is 1. The Morgan fingerprint density at radius 3 is 2.90 bits per heavy atom. The number of H-pyrrole nitrogens is 1. The summed E-state index contributed by atoms with van der Waals surface area (Å²) < 4.78 is 0. The van der Waals surface area contributed by atoms with Crippen molar-refractivity contribution in [3.8, 4) is 0 Å². The van der Waals surface area contributed by atoms with Gasteiger partial charge in [-0.2, -0.15) is 0 Å². The zero-order valence-electron chi connectivity index (χ0n) is 12.4. The number of rotatable bonds is 6. The average molecular weight is 287 g/mol. The fourth-order valence-electron chi connectivity index (χ4n) is 2.01. The summed E-state index contributed by atoms with van der Waals surface area (Å²) in [5.74, 6) is 0.940. The number of benzene rings is 1. The van der Waals surface area contributed by atoms with Crippen molar-refractivity contribution in [1.82, 2.24) is 14.9 Å². The molecule has 0 saturated carbocycles. The number of nitrogens with one attached hydrogen (secondary N) is 2.